The minimum absolute atomic E-state index is 0.324. The standard InChI is InChI=1S/C18H26N4OS/c1-15(2)20-18(24)22(11-4-10-21-12-9-19-14-21)13-16-5-7-17(23-3)8-6-16/h5-9,12,14-15H,4,10-11,13H2,1-3H3,(H,20,24). The molecule has 0 spiro atoms. The number of aromatic nitrogens is 2. The van der Waals surface area contributed by atoms with Crippen LogP contribution < -0.4 is 10.1 Å². The molecule has 24 heavy (non-hydrogen) atoms. The lowest BCUT2D eigenvalue weighted by Gasteiger charge is -2.27. The number of aryl methyl sites for hydroxylation is 1. The van der Waals surface area contributed by atoms with Gasteiger partial charge in [-0.15, -0.1) is 0 Å². The van der Waals surface area contributed by atoms with Crippen molar-refractivity contribution < 1.29 is 4.74 Å². The van der Waals surface area contributed by atoms with Crippen LogP contribution in [0.25, 0.3) is 0 Å². The molecule has 130 valence electrons. The molecular weight excluding hydrogens is 320 g/mol. The van der Waals surface area contributed by atoms with Crippen LogP contribution >= 0.6 is 12.2 Å². The van der Waals surface area contributed by atoms with E-state index in [1.165, 1.54) is 5.56 Å². The fourth-order valence-corrected chi connectivity index (χ4v) is 2.80. The number of hydrogen-bond donors (Lipinski definition) is 1. The summed E-state index contributed by atoms with van der Waals surface area (Å²) in [4.78, 5) is 6.29. The van der Waals surface area contributed by atoms with Crippen molar-refractivity contribution in [2.24, 2.45) is 0 Å². The molecule has 0 saturated carbocycles. The molecule has 1 aromatic carbocycles. The molecule has 0 bridgehead atoms. The summed E-state index contributed by atoms with van der Waals surface area (Å²) in [6.45, 7) is 6.81. The first-order valence-corrected chi connectivity index (χ1v) is 8.63. The van der Waals surface area contributed by atoms with Crippen molar-refractivity contribution in [3.8, 4) is 5.75 Å². The molecule has 0 unspecified atom stereocenters. The van der Waals surface area contributed by atoms with E-state index in [1.54, 1.807) is 13.3 Å². The Bertz CT molecular complexity index is 610. The average Bonchev–Trinajstić information content (AvgIpc) is 3.07. The van der Waals surface area contributed by atoms with Crippen LogP contribution in [0.5, 0.6) is 5.75 Å². The number of ether oxygens (including phenoxy) is 1. The zero-order chi connectivity index (χ0) is 17.4. The van der Waals surface area contributed by atoms with E-state index in [0.717, 1.165) is 36.9 Å². The maximum Gasteiger partial charge on any atom is 0.169 e. The Balaban J connectivity index is 1.96. The van der Waals surface area contributed by atoms with Crippen molar-refractivity contribution in [1.29, 1.82) is 0 Å². The number of imidazole rings is 1. The minimum atomic E-state index is 0.324. The minimum Gasteiger partial charge on any atom is -0.497 e. The highest BCUT2D eigenvalue weighted by molar-refractivity contribution is 7.80. The van der Waals surface area contributed by atoms with E-state index in [-0.39, 0.29) is 0 Å². The highest BCUT2D eigenvalue weighted by atomic mass is 32.1. The van der Waals surface area contributed by atoms with Gasteiger partial charge in [-0.25, -0.2) is 4.98 Å². The molecule has 0 amide bonds. The number of rotatable bonds is 8. The number of nitrogens with zero attached hydrogens (tertiary/aromatic N) is 3. The fraction of sp³-hybridized carbons (Fsp3) is 0.444. The van der Waals surface area contributed by atoms with Gasteiger partial charge in [-0.2, -0.15) is 0 Å². The van der Waals surface area contributed by atoms with Crippen LogP contribution in [-0.2, 0) is 13.1 Å². The van der Waals surface area contributed by atoms with Gasteiger partial charge in [0.25, 0.3) is 0 Å². The van der Waals surface area contributed by atoms with Crippen LogP contribution in [0.2, 0.25) is 0 Å². The lowest BCUT2D eigenvalue weighted by Crippen LogP contribution is -2.43. The topological polar surface area (TPSA) is 42.3 Å². The van der Waals surface area contributed by atoms with Gasteiger partial charge in [0.05, 0.1) is 13.4 Å². The number of hydrogen-bond acceptors (Lipinski definition) is 3. The Morgan fingerprint density at radius 3 is 2.67 bits per heavy atom. The second-order valence-corrected chi connectivity index (χ2v) is 6.41. The predicted molar refractivity (Wildman–Crippen MR) is 101 cm³/mol. The Hall–Kier alpha value is -2.08. The molecular formula is C18H26N4OS. The fourth-order valence-electron chi connectivity index (χ4n) is 2.41. The maximum atomic E-state index is 5.58. The number of benzene rings is 1. The normalized spacial score (nSPS) is 10.7. The van der Waals surface area contributed by atoms with Crippen LogP contribution in [0.3, 0.4) is 0 Å². The van der Waals surface area contributed by atoms with Crippen molar-refractivity contribution in [2.45, 2.75) is 39.4 Å². The summed E-state index contributed by atoms with van der Waals surface area (Å²) in [5.41, 5.74) is 1.21. The second kappa shape index (κ2) is 9.27. The van der Waals surface area contributed by atoms with Gasteiger partial charge in [0.1, 0.15) is 5.75 Å². The molecule has 5 nitrogen and oxygen atoms in total. The Morgan fingerprint density at radius 2 is 2.08 bits per heavy atom. The molecule has 1 N–H and O–H groups in total. The van der Waals surface area contributed by atoms with Gasteiger partial charge >= 0.3 is 0 Å². The van der Waals surface area contributed by atoms with Crippen LogP contribution in [0.1, 0.15) is 25.8 Å². The summed E-state index contributed by atoms with van der Waals surface area (Å²) in [7, 11) is 1.68. The summed E-state index contributed by atoms with van der Waals surface area (Å²) in [5, 5.41) is 4.14. The van der Waals surface area contributed by atoms with E-state index in [9.17, 15) is 0 Å². The second-order valence-electron chi connectivity index (χ2n) is 6.03. The van der Waals surface area contributed by atoms with Crippen molar-refractivity contribution >= 4 is 17.3 Å². The molecule has 0 aliphatic heterocycles. The molecule has 0 radical (unpaired) electrons. The monoisotopic (exact) mass is 346 g/mol. The van der Waals surface area contributed by atoms with Crippen LogP contribution in [0, 0.1) is 0 Å². The van der Waals surface area contributed by atoms with E-state index in [0.29, 0.717) is 6.04 Å². The maximum absolute atomic E-state index is 5.58. The molecule has 1 aromatic heterocycles. The third kappa shape index (κ3) is 5.85. The zero-order valence-electron chi connectivity index (χ0n) is 14.6. The number of thiocarbonyl (C=S) groups is 1. The van der Waals surface area contributed by atoms with Gasteiger partial charge < -0.3 is 19.5 Å². The predicted octanol–water partition coefficient (Wildman–Crippen LogP) is 3.07. The number of methoxy groups -OCH3 is 1. The first-order chi connectivity index (χ1) is 11.6. The largest absolute Gasteiger partial charge is 0.497 e. The molecule has 0 aliphatic rings. The Morgan fingerprint density at radius 1 is 1.33 bits per heavy atom. The first-order valence-electron chi connectivity index (χ1n) is 8.22. The van der Waals surface area contributed by atoms with E-state index in [4.69, 9.17) is 17.0 Å². The lowest BCUT2D eigenvalue weighted by atomic mass is 10.2. The van der Waals surface area contributed by atoms with E-state index in [1.807, 2.05) is 24.7 Å². The first kappa shape index (κ1) is 18.3. The summed E-state index contributed by atoms with van der Waals surface area (Å²) in [6, 6.07) is 8.46. The van der Waals surface area contributed by atoms with E-state index < -0.39 is 0 Å². The highest BCUT2D eigenvalue weighted by Gasteiger charge is 2.11. The van der Waals surface area contributed by atoms with Gasteiger partial charge in [-0.1, -0.05) is 12.1 Å². The van der Waals surface area contributed by atoms with Crippen LogP contribution in [-0.4, -0.2) is 39.3 Å². The molecule has 0 saturated heterocycles. The van der Waals surface area contributed by atoms with Crippen molar-refractivity contribution in [2.75, 3.05) is 13.7 Å². The van der Waals surface area contributed by atoms with Crippen LogP contribution in [0.4, 0.5) is 0 Å². The van der Waals surface area contributed by atoms with E-state index in [2.05, 4.69) is 45.7 Å². The molecule has 0 aliphatic carbocycles. The van der Waals surface area contributed by atoms with Crippen molar-refractivity contribution in [3.63, 3.8) is 0 Å². The van der Waals surface area contributed by atoms with Gasteiger partial charge in [0.2, 0.25) is 0 Å². The van der Waals surface area contributed by atoms with Gasteiger partial charge in [-0.3, -0.25) is 0 Å². The summed E-state index contributed by atoms with van der Waals surface area (Å²) >= 11 is 5.58. The van der Waals surface area contributed by atoms with Crippen molar-refractivity contribution in [3.05, 3.63) is 48.5 Å². The van der Waals surface area contributed by atoms with Crippen molar-refractivity contribution in [1.82, 2.24) is 19.8 Å². The number of nitrogens with one attached hydrogen (secondary N) is 1. The van der Waals surface area contributed by atoms with Gasteiger partial charge in [0, 0.05) is 38.1 Å². The smallest absolute Gasteiger partial charge is 0.169 e. The third-order valence-electron chi connectivity index (χ3n) is 3.64. The molecule has 2 rings (SSSR count). The molecule has 0 fully saturated rings. The third-order valence-corrected chi connectivity index (χ3v) is 4.01. The molecule has 6 heteroatoms. The Kier molecular flexibility index (Phi) is 7.06. The molecule has 2 aromatic rings. The molecule has 1 heterocycles. The van der Waals surface area contributed by atoms with Crippen LogP contribution in [0.15, 0.2) is 43.0 Å². The zero-order valence-corrected chi connectivity index (χ0v) is 15.4. The van der Waals surface area contributed by atoms with Gasteiger partial charge in [-0.05, 0) is 50.2 Å². The average molecular weight is 347 g/mol. The summed E-state index contributed by atoms with van der Waals surface area (Å²) in [6.07, 6.45) is 6.64. The summed E-state index contributed by atoms with van der Waals surface area (Å²) in [5.74, 6) is 0.869. The Labute approximate surface area is 149 Å². The SMILES string of the molecule is COc1ccc(CN(CCCn2ccnc2)C(=S)NC(C)C)cc1. The summed E-state index contributed by atoms with van der Waals surface area (Å²) < 4.78 is 7.31. The van der Waals surface area contributed by atoms with Gasteiger partial charge in [0.15, 0.2) is 5.11 Å². The quantitative estimate of drug-likeness (QED) is 0.744. The van der Waals surface area contributed by atoms with E-state index >= 15 is 0 Å². The lowest BCUT2D eigenvalue weighted by molar-refractivity contribution is 0.380. The molecule has 0 atom stereocenters. The highest BCUT2D eigenvalue weighted by Crippen LogP contribution is 2.13.